The fourth-order valence-corrected chi connectivity index (χ4v) is 1.93. The predicted molar refractivity (Wildman–Crippen MR) is 79.6 cm³/mol. The molecule has 0 heterocycles. The number of rotatable bonds is 6. The van der Waals surface area contributed by atoms with Crippen molar-refractivity contribution in [3.05, 3.63) is 34.9 Å². The van der Waals surface area contributed by atoms with Gasteiger partial charge in [0.05, 0.1) is 0 Å². The Hall–Kier alpha value is -1.26. The first kappa shape index (κ1) is 15.8. The zero-order chi connectivity index (χ0) is 14.5. The Bertz CT molecular complexity index is 446. The molecule has 5 heteroatoms. The van der Waals surface area contributed by atoms with Gasteiger partial charge in [-0.2, -0.15) is 0 Å². The second-order valence-corrected chi connectivity index (χ2v) is 5.86. The van der Waals surface area contributed by atoms with E-state index in [1.54, 1.807) is 0 Å². The van der Waals surface area contributed by atoms with Crippen LogP contribution in [0, 0.1) is 5.41 Å². The number of hydrogen-bond donors (Lipinski definition) is 2. The van der Waals surface area contributed by atoms with E-state index in [1.165, 1.54) is 0 Å². The van der Waals surface area contributed by atoms with Crippen molar-refractivity contribution in [3.8, 4) is 0 Å². The first-order chi connectivity index (χ1) is 8.86. The Balaban J connectivity index is 2.53. The molecule has 3 N–H and O–H groups in total. The molecular formula is C14H22ClN3O. The van der Waals surface area contributed by atoms with Gasteiger partial charge in [0.2, 0.25) is 0 Å². The Labute approximate surface area is 119 Å². The lowest BCUT2D eigenvalue weighted by atomic mass is 9.88. The molecule has 1 rings (SSSR count). The SMILES string of the molecule is CN(CCC(C)(C)C(N)=NO)Cc1ccccc1Cl. The minimum Gasteiger partial charge on any atom is -0.409 e. The van der Waals surface area contributed by atoms with Crippen LogP contribution in [0.1, 0.15) is 25.8 Å². The monoisotopic (exact) mass is 283 g/mol. The molecule has 0 aliphatic carbocycles. The molecule has 0 fully saturated rings. The van der Waals surface area contributed by atoms with Crippen LogP contribution in [-0.2, 0) is 6.54 Å². The topological polar surface area (TPSA) is 61.8 Å². The summed E-state index contributed by atoms with van der Waals surface area (Å²) in [5, 5.41) is 12.6. The van der Waals surface area contributed by atoms with Gasteiger partial charge in [-0.3, -0.25) is 0 Å². The molecule has 19 heavy (non-hydrogen) atoms. The lowest BCUT2D eigenvalue weighted by Gasteiger charge is -2.26. The number of halogens is 1. The van der Waals surface area contributed by atoms with Crippen molar-refractivity contribution in [2.24, 2.45) is 16.3 Å². The van der Waals surface area contributed by atoms with Crippen molar-refractivity contribution in [3.63, 3.8) is 0 Å². The third kappa shape index (κ3) is 4.73. The number of hydrogen-bond acceptors (Lipinski definition) is 3. The molecule has 106 valence electrons. The van der Waals surface area contributed by atoms with Crippen molar-refractivity contribution < 1.29 is 5.21 Å². The van der Waals surface area contributed by atoms with Gasteiger partial charge in [-0.1, -0.05) is 48.8 Å². The fourth-order valence-electron chi connectivity index (χ4n) is 1.73. The van der Waals surface area contributed by atoms with Gasteiger partial charge in [0, 0.05) is 17.0 Å². The van der Waals surface area contributed by atoms with E-state index >= 15 is 0 Å². The Kier molecular flexibility index (Phi) is 5.63. The molecule has 0 unspecified atom stereocenters. The summed E-state index contributed by atoms with van der Waals surface area (Å²) >= 11 is 6.13. The van der Waals surface area contributed by atoms with Crippen LogP contribution in [0.25, 0.3) is 0 Å². The molecule has 0 aliphatic heterocycles. The van der Waals surface area contributed by atoms with Crippen molar-refractivity contribution in [1.82, 2.24) is 4.90 Å². The molecule has 0 atom stereocenters. The van der Waals surface area contributed by atoms with Gasteiger partial charge in [-0.05, 0) is 31.6 Å². The van der Waals surface area contributed by atoms with Gasteiger partial charge in [0.1, 0.15) is 5.84 Å². The third-order valence-electron chi connectivity index (χ3n) is 3.32. The number of nitrogens with zero attached hydrogens (tertiary/aromatic N) is 2. The van der Waals surface area contributed by atoms with Crippen LogP contribution in [-0.4, -0.2) is 29.5 Å². The summed E-state index contributed by atoms with van der Waals surface area (Å²) in [6.45, 7) is 5.55. The van der Waals surface area contributed by atoms with E-state index in [0.29, 0.717) is 0 Å². The molecule has 0 saturated heterocycles. The lowest BCUT2D eigenvalue weighted by Crippen LogP contribution is -2.35. The van der Waals surface area contributed by atoms with Crippen molar-refractivity contribution in [1.29, 1.82) is 0 Å². The predicted octanol–water partition coefficient (Wildman–Crippen LogP) is 2.93. The van der Waals surface area contributed by atoms with E-state index < -0.39 is 0 Å². The minimum absolute atomic E-state index is 0.263. The van der Waals surface area contributed by atoms with Gasteiger partial charge < -0.3 is 15.8 Å². The highest BCUT2D eigenvalue weighted by Gasteiger charge is 2.23. The van der Waals surface area contributed by atoms with Crippen molar-refractivity contribution >= 4 is 17.4 Å². The molecule has 0 aliphatic rings. The van der Waals surface area contributed by atoms with Crippen LogP contribution in [0.5, 0.6) is 0 Å². The van der Waals surface area contributed by atoms with Crippen LogP contribution in [0.4, 0.5) is 0 Å². The van der Waals surface area contributed by atoms with E-state index in [0.717, 1.165) is 30.1 Å². The van der Waals surface area contributed by atoms with Crippen LogP contribution >= 0.6 is 11.6 Å². The summed E-state index contributed by atoms with van der Waals surface area (Å²) in [6.07, 6.45) is 0.809. The number of oxime groups is 1. The highest BCUT2D eigenvalue weighted by atomic mass is 35.5. The zero-order valence-electron chi connectivity index (χ0n) is 11.7. The average molecular weight is 284 g/mol. The molecule has 1 aromatic carbocycles. The summed E-state index contributed by atoms with van der Waals surface area (Å²) < 4.78 is 0. The van der Waals surface area contributed by atoms with Crippen molar-refractivity contribution in [2.75, 3.05) is 13.6 Å². The molecule has 4 nitrogen and oxygen atoms in total. The summed E-state index contributed by atoms with van der Waals surface area (Å²) in [5.41, 5.74) is 6.46. The second-order valence-electron chi connectivity index (χ2n) is 5.45. The van der Waals surface area contributed by atoms with Gasteiger partial charge in [-0.25, -0.2) is 0 Å². The summed E-state index contributed by atoms with van der Waals surface area (Å²) in [5.74, 6) is 0.263. The molecule has 0 bridgehead atoms. The van der Waals surface area contributed by atoms with Crippen LogP contribution in [0.3, 0.4) is 0 Å². The highest BCUT2D eigenvalue weighted by Crippen LogP contribution is 2.22. The van der Waals surface area contributed by atoms with Gasteiger partial charge in [0.25, 0.3) is 0 Å². The Morgan fingerprint density at radius 2 is 2.05 bits per heavy atom. The van der Waals surface area contributed by atoms with Gasteiger partial charge in [0.15, 0.2) is 0 Å². The van der Waals surface area contributed by atoms with Gasteiger partial charge in [-0.15, -0.1) is 0 Å². The van der Waals surface area contributed by atoms with E-state index in [-0.39, 0.29) is 11.3 Å². The maximum absolute atomic E-state index is 8.74. The molecule has 0 radical (unpaired) electrons. The molecule has 0 spiro atoms. The zero-order valence-corrected chi connectivity index (χ0v) is 12.5. The van der Waals surface area contributed by atoms with Gasteiger partial charge >= 0.3 is 0 Å². The van der Waals surface area contributed by atoms with Crippen LogP contribution in [0.2, 0.25) is 5.02 Å². The summed E-state index contributed by atoms with van der Waals surface area (Å²) in [7, 11) is 2.03. The minimum atomic E-state index is -0.316. The second kappa shape index (κ2) is 6.78. The van der Waals surface area contributed by atoms with E-state index in [1.807, 2.05) is 45.2 Å². The molecule has 0 saturated carbocycles. The smallest absolute Gasteiger partial charge is 0.144 e. The summed E-state index contributed by atoms with van der Waals surface area (Å²) in [6, 6.07) is 7.82. The highest BCUT2D eigenvalue weighted by molar-refractivity contribution is 6.31. The standard InChI is InChI=1S/C14H22ClN3O/c1-14(2,13(16)17-19)8-9-18(3)10-11-6-4-5-7-12(11)15/h4-7,19H,8-10H2,1-3H3,(H2,16,17). The maximum atomic E-state index is 8.74. The Morgan fingerprint density at radius 1 is 1.42 bits per heavy atom. The normalized spacial score (nSPS) is 13.0. The molecule has 0 aromatic heterocycles. The van der Waals surface area contributed by atoms with Crippen molar-refractivity contribution in [2.45, 2.75) is 26.8 Å². The average Bonchev–Trinajstić information content (AvgIpc) is 2.38. The maximum Gasteiger partial charge on any atom is 0.144 e. The van der Waals surface area contributed by atoms with E-state index in [2.05, 4.69) is 10.1 Å². The first-order valence-corrected chi connectivity index (χ1v) is 6.64. The van der Waals surface area contributed by atoms with E-state index in [4.69, 9.17) is 22.5 Å². The van der Waals surface area contributed by atoms with Crippen LogP contribution in [0.15, 0.2) is 29.4 Å². The molecule has 0 amide bonds. The Morgan fingerprint density at radius 3 is 2.63 bits per heavy atom. The molecular weight excluding hydrogens is 262 g/mol. The molecule has 1 aromatic rings. The number of amidine groups is 1. The third-order valence-corrected chi connectivity index (χ3v) is 3.69. The quantitative estimate of drug-likeness (QED) is 0.365. The largest absolute Gasteiger partial charge is 0.409 e. The van der Waals surface area contributed by atoms with Crippen LogP contribution < -0.4 is 5.73 Å². The lowest BCUT2D eigenvalue weighted by molar-refractivity contribution is 0.272. The first-order valence-electron chi connectivity index (χ1n) is 6.27. The van der Waals surface area contributed by atoms with E-state index in [9.17, 15) is 0 Å². The summed E-state index contributed by atoms with van der Waals surface area (Å²) in [4.78, 5) is 2.17. The number of nitrogens with two attached hydrogens (primary N) is 1. The fraction of sp³-hybridized carbons (Fsp3) is 0.500. The number of benzene rings is 1.